The lowest BCUT2D eigenvalue weighted by atomic mass is 10.0. The summed E-state index contributed by atoms with van der Waals surface area (Å²) in [5.74, 6) is -0.108. The average molecular weight is 358 g/mol. The number of aryl methyl sites for hydroxylation is 2. The third-order valence-corrected chi connectivity index (χ3v) is 5.20. The predicted octanol–water partition coefficient (Wildman–Crippen LogP) is 4.58. The summed E-state index contributed by atoms with van der Waals surface area (Å²) in [5, 5.41) is 8.75. The number of carbonyl (C=O) groups is 2. The Morgan fingerprint density at radius 3 is 2.33 bits per heavy atom. The zero-order valence-corrected chi connectivity index (χ0v) is 15.5. The first-order valence-electron chi connectivity index (χ1n) is 9.25. The van der Waals surface area contributed by atoms with Crippen LogP contribution in [-0.2, 0) is 17.6 Å². The third-order valence-electron chi connectivity index (χ3n) is 5.20. The van der Waals surface area contributed by atoms with Crippen LogP contribution >= 0.6 is 0 Å². The molecule has 3 aromatic rings. The van der Waals surface area contributed by atoms with Crippen molar-refractivity contribution in [2.24, 2.45) is 0 Å². The van der Waals surface area contributed by atoms with Gasteiger partial charge < -0.3 is 10.6 Å². The number of carbonyl (C=O) groups excluding carboxylic acids is 2. The first-order chi connectivity index (χ1) is 13.0. The molecule has 3 aromatic carbocycles. The van der Waals surface area contributed by atoms with Crippen LogP contribution in [-0.4, -0.2) is 17.7 Å². The highest BCUT2D eigenvalue weighted by atomic mass is 16.2. The minimum Gasteiger partial charge on any atom is -0.373 e. The summed E-state index contributed by atoms with van der Waals surface area (Å²) >= 11 is 0. The van der Waals surface area contributed by atoms with Crippen LogP contribution in [0.1, 0.15) is 35.3 Å². The van der Waals surface area contributed by atoms with Crippen molar-refractivity contribution in [1.82, 2.24) is 0 Å². The van der Waals surface area contributed by atoms with Crippen LogP contribution in [0.4, 0.5) is 11.4 Å². The van der Waals surface area contributed by atoms with Crippen LogP contribution in [0.5, 0.6) is 0 Å². The smallest absolute Gasteiger partial charge is 0.246 e. The minimum absolute atomic E-state index is 0.00923. The standard InChI is InChI=1S/C23H22N2O2/c1-14(23(27)25-19-11-8-16(9-12-19)15(2)26)24-21-13-10-18-7-6-17-4-3-5-20(21)22(17)18/h3-5,8-14,24H,6-7H2,1-2H3,(H,25,27). The molecule has 0 aliphatic heterocycles. The molecule has 136 valence electrons. The van der Waals surface area contributed by atoms with E-state index >= 15 is 0 Å². The molecule has 1 aliphatic rings. The van der Waals surface area contributed by atoms with Crippen molar-refractivity contribution in [3.8, 4) is 0 Å². The van der Waals surface area contributed by atoms with E-state index in [1.54, 1.807) is 24.3 Å². The van der Waals surface area contributed by atoms with Gasteiger partial charge in [0.25, 0.3) is 0 Å². The van der Waals surface area contributed by atoms with Gasteiger partial charge in [-0.05, 0) is 73.5 Å². The second-order valence-corrected chi connectivity index (χ2v) is 7.10. The SMILES string of the molecule is CC(=O)c1ccc(NC(=O)C(C)Nc2ccc3c4c(cccc24)CC3)cc1. The van der Waals surface area contributed by atoms with Crippen LogP contribution in [0.3, 0.4) is 0 Å². The molecule has 0 bridgehead atoms. The highest BCUT2D eigenvalue weighted by Gasteiger charge is 2.18. The Morgan fingerprint density at radius 1 is 0.926 bits per heavy atom. The third kappa shape index (κ3) is 3.31. The van der Waals surface area contributed by atoms with Gasteiger partial charge in [0.1, 0.15) is 6.04 Å². The van der Waals surface area contributed by atoms with Crippen molar-refractivity contribution < 1.29 is 9.59 Å². The monoisotopic (exact) mass is 358 g/mol. The Balaban J connectivity index is 1.51. The summed E-state index contributed by atoms with van der Waals surface area (Å²) in [5.41, 5.74) is 5.06. The largest absolute Gasteiger partial charge is 0.373 e. The van der Waals surface area contributed by atoms with Crippen LogP contribution in [0.25, 0.3) is 10.8 Å². The molecule has 0 saturated carbocycles. The summed E-state index contributed by atoms with van der Waals surface area (Å²) in [6, 6.07) is 17.2. The molecular weight excluding hydrogens is 336 g/mol. The van der Waals surface area contributed by atoms with Crippen molar-refractivity contribution in [2.45, 2.75) is 32.7 Å². The van der Waals surface area contributed by atoms with Gasteiger partial charge in [-0.25, -0.2) is 0 Å². The van der Waals surface area contributed by atoms with Gasteiger partial charge in [0.05, 0.1) is 0 Å². The molecule has 2 N–H and O–H groups in total. The van der Waals surface area contributed by atoms with Crippen LogP contribution in [0.15, 0.2) is 54.6 Å². The van der Waals surface area contributed by atoms with Gasteiger partial charge in [-0.3, -0.25) is 9.59 Å². The number of Topliss-reactive ketones (excluding diaryl/α,β-unsaturated/α-hetero) is 1. The number of rotatable bonds is 5. The fraction of sp³-hybridized carbons (Fsp3) is 0.217. The van der Waals surface area contributed by atoms with Crippen molar-refractivity contribution in [2.75, 3.05) is 10.6 Å². The van der Waals surface area contributed by atoms with Crippen LogP contribution in [0, 0.1) is 0 Å². The maximum atomic E-state index is 12.6. The van der Waals surface area contributed by atoms with Gasteiger partial charge in [-0.1, -0.05) is 24.3 Å². The summed E-state index contributed by atoms with van der Waals surface area (Å²) in [6.07, 6.45) is 2.17. The predicted molar refractivity (Wildman–Crippen MR) is 110 cm³/mol. The van der Waals surface area contributed by atoms with E-state index in [-0.39, 0.29) is 11.7 Å². The Hall–Kier alpha value is -3.14. The normalized spacial score (nSPS) is 13.4. The van der Waals surface area contributed by atoms with Gasteiger partial charge in [0.15, 0.2) is 5.78 Å². The minimum atomic E-state index is -0.393. The van der Waals surface area contributed by atoms with Crippen molar-refractivity contribution in [1.29, 1.82) is 0 Å². The Kier molecular flexibility index (Phi) is 4.40. The number of hydrogen-bond donors (Lipinski definition) is 2. The first kappa shape index (κ1) is 17.3. The fourth-order valence-electron chi connectivity index (χ4n) is 3.71. The van der Waals surface area contributed by atoms with E-state index in [0.717, 1.165) is 18.5 Å². The van der Waals surface area contributed by atoms with Gasteiger partial charge in [0.2, 0.25) is 5.91 Å². The van der Waals surface area contributed by atoms with Crippen molar-refractivity contribution >= 4 is 33.8 Å². The zero-order valence-electron chi connectivity index (χ0n) is 15.5. The molecular formula is C23H22N2O2. The summed E-state index contributed by atoms with van der Waals surface area (Å²) < 4.78 is 0. The molecule has 27 heavy (non-hydrogen) atoms. The van der Waals surface area contributed by atoms with E-state index in [4.69, 9.17) is 0 Å². The molecule has 1 aliphatic carbocycles. The molecule has 4 nitrogen and oxygen atoms in total. The maximum Gasteiger partial charge on any atom is 0.246 e. The van der Waals surface area contributed by atoms with E-state index in [1.807, 2.05) is 6.92 Å². The van der Waals surface area contributed by atoms with E-state index in [0.29, 0.717) is 11.3 Å². The van der Waals surface area contributed by atoms with E-state index in [1.165, 1.54) is 28.8 Å². The lowest BCUT2D eigenvalue weighted by Gasteiger charge is -2.17. The molecule has 0 aromatic heterocycles. The Bertz CT molecular complexity index is 1030. The molecule has 0 saturated heterocycles. The van der Waals surface area contributed by atoms with Crippen molar-refractivity contribution in [3.05, 3.63) is 71.3 Å². The number of ketones is 1. The van der Waals surface area contributed by atoms with E-state index < -0.39 is 6.04 Å². The lowest BCUT2D eigenvalue weighted by molar-refractivity contribution is -0.116. The molecule has 0 fully saturated rings. The molecule has 0 heterocycles. The highest BCUT2D eigenvalue weighted by molar-refractivity contribution is 6.02. The van der Waals surface area contributed by atoms with Gasteiger partial charge in [-0.2, -0.15) is 0 Å². The lowest BCUT2D eigenvalue weighted by Crippen LogP contribution is -2.31. The Morgan fingerprint density at radius 2 is 1.63 bits per heavy atom. The molecule has 4 rings (SSSR count). The van der Waals surface area contributed by atoms with Gasteiger partial charge >= 0.3 is 0 Å². The topological polar surface area (TPSA) is 58.2 Å². The highest BCUT2D eigenvalue weighted by Crippen LogP contribution is 2.35. The van der Waals surface area contributed by atoms with Crippen molar-refractivity contribution in [3.63, 3.8) is 0 Å². The Labute approximate surface area is 158 Å². The molecule has 1 atom stereocenters. The van der Waals surface area contributed by atoms with Crippen LogP contribution < -0.4 is 10.6 Å². The molecule has 1 unspecified atom stereocenters. The number of anilines is 2. The molecule has 1 amide bonds. The zero-order chi connectivity index (χ0) is 19.0. The van der Waals surface area contributed by atoms with Gasteiger partial charge in [0, 0.05) is 22.3 Å². The number of benzene rings is 3. The summed E-state index contributed by atoms with van der Waals surface area (Å²) in [7, 11) is 0. The molecule has 4 heteroatoms. The summed E-state index contributed by atoms with van der Waals surface area (Å²) in [4.78, 5) is 23.9. The second-order valence-electron chi connectivity index (χ2n) is 7.10. The fourth-order valence-corrected chi connectivity index (χ4v) is 3.71. The summed E-state index contributed by atoms with van der Waals surface area (Å²) in [6.45, 7) is 3.38. The molecule has 0 radical (unpaired) electrons. The van der Waals surface area contributed by atoms with E-state index in [2.05, 4.69) is 41.0 Å². The maximum absolute atomic E-state index is 12.6. The van der Waals surface area contributed by atoms with Crippen LogP contribution in [0.2, 0.25) is 0 Å². The number of nitrogens with one attached hydrogen (secondary N) is 2. The molecule has 0 spiro atoms. The van der Waals surface area contributed by atoms with E-state index in [9.17, 15) is 9.59 Å². The first-order valence-corrected chi connectivity index (χ1v) is 9.25. The number of amides is 1. The number of hydrogen-bond acceptors (Lipinski definition) is 3. The average Bonchev–Trinajstić information content (AvgIpc) is 3.09. The van der Waals surface area contributed by atoms with Gasteiger partial charge in [-0.15, -0.1) is 0 Å². The second kappa shape index (κ2) is 6.88. The quantitative estimate of drug-likeness (QED) is 0.656.